The highest BCUT2D eigenvalue weighted by Crippen LogP contribution is 2.25. The second-order valence-corrected chi connectivity index (χ2v) is 8.28. The smallest absolute Gasteiger partial charge is 0.340 e. The monoisotopic (exact) mass is 434 g/mol. The number of benzene rings is 2. The van der Waals surface area contributed by atoms with Gasteiger partial charge in [0, 0.05) is 0 Å². The van der Waals surface area contributed by atoms with Gasteiger partial charge in [-0.05, 0) is 57.2 Å². The fourth-order valence-corrected chi connectivity index (χ4v) is 4.06. The highest BCUT2D eigenvalue weighted by atomic mass is 32.2. The van der Waals surface area contributed by atoms with Crippen molar-refractivity contribution >= 4 is 33.3 Å². The summed E-state index contributed by atoms with van der Waals surface area (Å²) in [5.41, 5.74) is 0.752. The number of sulfonamides is 1. The molecule has 30 heavy (non-hydrogen) atoms. The maximum Gasteiger partial charge on any atom is 0.340 e. The van der Waals surface area contributed by atoms with Crippen molar-refractivity contribution in [2.45, 2.75) is 26.8 Å². The Morgan fingerprint density at radius 3 is 2.23 bits per heavy atom. The number of esters is 1. The van der Waals surface area contributed by atoms with Crippen molar-refractivity contribution in [3.63, 3.8) is 0 Å². The molecule has 1 amide bonds. The Hall–Kier alpha value is -3.07. The van der Waals surface area contributed by atoms with Gasteiger partial charge in [0.25, 0.3) is 0 Å². The Kier molecular flexibility index (Phi) is 7.82. The van der Waals surface area contributed by atoms with Gasteiger partial charge in [0.15, 0.2) is 0 Å². The molecule has 0 saturated carbocycles. The molecule has 2 rings (SSSR count). The molecule has 1 N–H and O–H groups in total. The number of carbonyl (C=O) groups excluding carboxylic acids is 2. The summed E-state index contributed by atoms with van der Waals surface area (Å²) in [6.45, 7) is 5.67. The van der Waals surface area contributed by atoms with E-state index in [1.807, 2.05) is 6.92 Å². The fraction of sp³-hybridized carbons (Fsp3) is 0.333. The Morgan fingerprint density at radius 1 is 1.03 bits per heavy atom. The van der Waals surface area contributed by atoms with Crippen molar-refractivity contribution in [1.29, 1.82) is 0 Å². The largest absolute Gasteiger partial charge is 0.494 e. The summed E-state index contributed by atoms with van der Waals surface area (Å²) >= 11 is 0. The van der Waals surface area contributed by atoms with Crippen molar-refractivity contribution < 1.29 is 27.5 Å². The highest BCUT2D eigenvalue weighted by molar-refractivity contribution is 7.92. The molecule has 2 aromatic carbocycles. The number of amides is 1. The number of ether oxygens (including phenoxy) is 2. The van der Waals surface area contributed by atoms with Crippen LogP contribution in [0.25, 0.3) is 0 Å². The molecule has 0 aliphatic heterocycles. The van der Waals surface area contributed by atoms with Gasteiger partial charge in [0.1, 0.15) is 11.8 Å². The van der Waals surface area contributed by atoms with Crippen LogP contribution in [0, 0.1) is 0 Å². The lowest BCUT2D eigenvalue weighted by Gasteiger charge is -2.28. The minimum atomic E-state index is -3.77. The topological polar surface area (TPSA) is 102 Å². The molecule has 0 aliphatic carbocycles. The van der Waals surface area contributed by atoms with E-state index in [0.29, 0.717) is 18.0 Å². The third-order valence-corrected chi connectivity index (χ3v) is 5.41. The van der Waals surface area contributed by atoms with Crippen molar-refractivity contribution in [3.8, 4) is 5.75 Å². The van der Waals surface area contributed by atoms with Gasteiger partial charge in [-0.2, -0.15) is 0 Å². The molecule has 0 radical (unpaired) electrons. The summed E-state index contributed by atoms with van der Waals surface area (Å²) in [5, 5.41) is 2.63. The van der Waals surface area contributed by atoms with Crippen LogP contribution in [-0.4, -0.2) is 45.8 Å². The van der Waals surface area contributed by atoms with Gasteiger partial charge in [-0.25, -0.2) is 13.2 Å². The Labute approximate surface area is 176 Å². The lowest BCUT2D eigenvalue weighted by atomic mass is 10.1. The van der Waals surface area contributed by atoms with Crippen LogP contribution in [0.5, 0.6) is 5.75 Å². The fourth-order valence-electron chi connectivity index (χ4n) is 2.88. The minimum Gasteiger partial charge on any atom is -0.494 e. The van der Waals surface area contributed by atoms with E-state index in [9.17, 15) is 18.0 Å². The van der Waals surface area contributed by atoms with Gasteiger partial charge in [-0.1, -0.05) is 12.1 Å². The molecule has 8 nitrogen and oxygen atoms in total. The van der Waals surface area contributed by atoms with Gasteiger partial charge in [0.05, 0.1) is 36.4 Å². The van der Waals surface area contributed by atoms with Gasteiger partial charge in [-0.15, -0.1) is 0 Å². The van der Waals surface area contributed by atoms with Crippen LogP contribution < -0.4 is 14.4 Å². The molecule has 0 bridgehead atoms. The van der Waals surface area contributed by atoms with Crippen molar-refractivity contribution in [2.75, 3.05) is 29.1 Å². The summed E-state index contributed by atoms with van der Waals surface area (Å²) in [5.74, 6) is -0.575. The first-order valence-electron chi connectivity index (χ1n) is 9.48. The van der Waals surface area contributed by atoms with Crippen molar-refractivity contribution in [1.82, 2.24) is 0 Å². The molecule has 0 saturated heterocycles. The van der Waals surface area contributed by atoms with Gasteiger partial charge >= 0.3 is 5.97 Å². The van der Waals surface area contributed by atoms with E-state index in [-0.39, 0.29) is 17.9 Å². The number of anilines is 2. The molecule has 0 fully saturated rings. The third-order valence-electron chi connectivity index (χ3n) is 4.17. The van der Waals surface area contributed by atoms with Crippen molar-refractivity contribution in [2.24, 2.45) is 0 Å². The van der Waals surface area contributed by atoms with Gasteiger partial charge in [-0.3, -0.25) is 9.10 Å². The average molecular weight is 435 g/mol. The van der Waals surface area contributed by atoms with E-state index in [2.05, 4.69) is 5.32 Å². The zero-order valence-electron chi connectivity index (χ0n) is 17.4. The number of nitrogens with zero attached hydrogens (tertiary/aromatic N) is 1. The Morgan fingerprint density at radius 2 is 1.67 bits per heavy atom. The highest BCUT2D eigenvalue weighted by Gasteiger charge is 2.30. The van der Waals surface area contributed by atoms with Crippen LogP contribution in [0.2, 0.25) is 0 Å². The second kappa shape index (κ2) is 10.1. The molecule has 0 aliphatic rings. The molecule has 162 valence electrons. The lowest BCUT2D eigenvalue weighted by molar-refractivity contribution is -0.116. The molecule has 0 spiro atoms. The van der Waals surface area contributed by atoms with E-state index >= 15 is 0 Å². The third kappa shape index (κ3) is 5.73. The zero-order valence-corrected chi connectivity index (χ0v) is 18.2. The number of rotatable bonds is 9. The molecule has 0 aromatic heterocycles. The lowest BCUT2D eigenvalue weighted by Crippen LogP contribution is -2.45. The number of hydrogen-bond acceptors (Lipinski definition) is 6. The average Bonchev–Trinajstić information content (AvgIpc) is 2.69. The summed E-state index contributed by atoms with van der Waals surface area (Å²) in [4.78, 5) is 25.0. The minimum absolute atomic E-state index is 0.187. The summed E-state index contributed by atoms with van der Waals surface area (Å²) in [6.07, 6.45) is 1.03. The number of hydrogen-bond donors (Lipinski definition) is 1. The SMILES string of the molecule is CCOC(=O)c1ccccc1NC(=O)[C@@H](C)N(c1ccc(OCC)cc1)S(C)(=O)=O. The standard InChI is InChI=1S/C21H26N2O6S/c1-5-28-17-13-11-16(12-14-17)23(30(4,26)27)15(3)20(24)22-19-10-8-7-9-18(19)21(25)29-6-2/h7-15H,5-6H2,1-4H3,(H,22,24)/t15-/m1/s1. The van der Waals surface area contributed by atoms with Crippen LogP contribution in [0.3, 0.4) is 0 Å². The predicted molar refractivity (Wildman–Crippen MR) is 115 cm³/mol. The van der Waals surface area contributed by atoms with Crippen LogP contribution in [0.1, 0.15) is 31.1 Å². The second-order valence-electron chi connectivity index (χ2n) is 6.42. The van der Waals surface area contributed by atoms with E-state index in [4.69, 9.17) is 9.47 Å². The maximum absolute atomic E-state index is 12.9. The number of carbonyl (C=O) groups is 2. The molecule has 9 heteroatoms. The molecular formula is C21H26N2O6S. The first kappa shape index (κ1) is 23.2. The summed E-state index contributed by atoms with van der Waals surface area (Å²) in [6, 6.07) is 11.7. The predicted octanol–water partition coefficient (Wildman–Crippen LogP) is 3.06. The van der Waals surface area contributed by atoms with E-state index in [0.717, 1.165) is 10.6 Å². The quantitative estimate of drug-likeness (QED) is 0.609. The van der Waals surface area contributed by atoms with Crippen LogP contribution in [-0.2, 0) is 19.6 Å². The molecule has 2 aromatic rings. The normalized spacial score (nSPS) is 12.0. The summed E-state index contributed by atoms with van der Waals surface area (Å²) in [7, 11) is -3.77. The molecule has 1 atom stereocenters. The number of para-hydroxylation sites is 1. The molecular weight excluding hydrogens is 408 g/mol. The van der Waals surface area contributed by atoms with E-state index in [1.165, 1.54) is 13.0 Å². The van der Waals surface area contributed by atoms with Crippen LogP contribution in [0.4, 0.5) is 11.4 Å². The van der Waals surface area contributed by atoms with Crippen molar-refractivity contribution in [3.05, 3.63) is 54.1 Å². The Balaban J connectivity index is 2.30. The van der Waals surface area contributed by atoms with Gasteiger partial charge in [0.2, 0.25) is 15.9 Å². The van der Waals surface area contributed by atoms with E-state index in [1.54, 1.807) is 49.4 Å². The first-order valence-corrected chi connectivity index (χ1v) is 11.3. The van der Waals surface area contributed by atoms with Crippen LogP contribution in [0.15, 0.2) is 48.5 Å². The van der Waals surface area contributed by atoms with Crippen LogP contribution >= 0.6 is 0 Å². The van der Waals surface area contributed by atoms with Gasteiger partial charge < -0.3 is 14.8 Å². The van der Waals surface area contributed by atoms with E-state index < -0.39 is 27.9 Å². The Bertz CT molecular complexity index is 989. The molecule has 0 heterocycles. The number of nitrogens with one attached hydrogen (secondary N) is 1. The zero-order chi connectivity index (χ0) is 22.3. The molecule has 0 unspecified atom stereocenters. The maximum atomic E-state index is 12.9. The first-order chi connectivity index (χ1) is 14.2. The summed E-state index contributed by atoms with van der Waals surface area (Å²) < 4.78 is 36.3.